The second-order valence-corrected chi connectivity index (χ2v) is 6.04. The number of esters is 1. The van der Waals surface area contributed by atoms with E-state index in [4.69, 9.17) is 4.74 Å². The summed E-state index contributed by atoms with van der Waals surface area (Å²) in [5, 5.41) is 0. The molecule has 0 aliphatic carbocycles. The standard InChI is InChI=1S/C15H20N2O3S/c1-20-15(19)10-12-4-2-3-9-17(12)14(18)11-21-13-5-7-16-8-6-13/h5-8,12H,2-4,9-11H2,1H3. The first-order valence-electron chi connectivity index (χ1n) is 7.10. The third-order valence-corrected chi connectivity index (χ3v) is 4.59. The number of carbonyl (C=O) groups is 2. The van der Waals surface area contributed by atoms with Crippen LogP contribution in [-0.2, 0) is 14.3 Å². The van der Waals surface area contributed by atoms with Crippen molar-refractivity contribution in [2.45, 2.75) is 36.6 Å². The smallest absolute Gasteiger partial charge is 0.307 e. The van der Waals surface area contributed by atoms with Crippen LogP contribution in [0.3, 0.4) is 0 Å². The van der Waals surface area contributed by atoms with Gasteiger partial charge >= 0.3 is 5.97 Å². The molecular formula is C15H20N2O3S. The fourth-order valence-corrected chi connectivity index (χ4v) is 3.25. The molecule has 0 saturated carbocycles. The van der Waals surface area contributed by atoms with E-state index >= 15 is 0 Å². The molecule has 1 aliphatic heterocycles. The van der Waals surface area contributed by atoms with Gasteiger partial charge < -0.3 is 9.64 Å². The van der Waals surface area contributed by atoms with Gasteiger partial charge in [-0.05, 0) is 31.4 Å². The second-order valence-electron chi connectivity index (χ2n) is 4.99. The van der Waals surface area contributed by atoms with Crippen LogP contribution in [-0.4, -0.2) is 47.2 Å². The van der Waals surface area contributed by atoms with Crippen molar-refractivity contribution >= 4 is 23.6 Å². The number of hydrogen-bond donors (Lipinski definition) is 0. The number of hydrogen-bond acceptors (Lipinski definition) is 5. The van der Waals surface area contributed by atoms with E-state index in [2.05, 4.69) is 4.98 Å². The molecule has 1 aromatic rings. The van der Waals surface area contributed by atoms with Crippen LogP contribution >= 0.6 is 11.8 Å². The Labute approximate surface area is 129 Å². The summed E-state index contributed by atoms with van der Waals surface area (Å²) < 4.78 is 4.72. The zero-order valence-electron chi connectivity index (χ0n) is 12.2. The van der Waals surface area contributed by atoms with Gasteiger partial charge in [-0.2, -0.15) is 0 Å². The van der Waals surface area contributed by atoms with Crippen molar-refractivity contribution in [2.24, 2.45) is 0 Å². The van der Waals surface area contributed by atoms with Crippen LogP contribution in [0.4, 0.5) is 0 Å². The summed E-state index contributed by atoms with van der Waals surface area (Å²) in [6.45, 7) is 0.734. The summed E-state index contributed by atoms with van der Waals surface area (Å²) in [7, 11) is 1.39. The van der Waals surface area contributed by atoms with Gasteiger partial charge in [0.05, 0.1) is 19.3 Å². The topological polar surface area (TPSA) is 59.5 Å². The van der Waals surface area contributed by atoms with Gasteiger partial charge in [-0.15, -0.1) is 11.8 Å². The van der Waals surface area contributed by atoms with Crippen LogP contribution < -0.4 is 0 Å². The lowest BCUT2D eigenvalue weighted by Gasteiger charge is -2.35. The maximum atomic E-state index is 12.4. The predicted octanol–water partition coefficient (Wildman–Crippen LogP) is 2.12. The minimum atomic E-state index is -0.249. The summed E-state index contributed by atoms with van der Waals surface area (Å²) in [6.07, 6.45) is 6.66. The summed E-state index contributed by atoms with van der Waals surface area (Å²) in [4.78, 5) is 30.7. The average Bonchev–Trinajstić information content (AvgIpc) is 2.54. The maximum absolute atomic E-state index is 12.4. The number of rotatable bonds is 5. The quantitative estimate of drug-likeness (QED) is 0.616. The van der Waals surface area contributed by atoms with Crippen LogP contribution in [0.1, 0.15) is 25.7 Å². The van der Waals surface area contributed by atoms with E-state index in [1.165, 1.54) is 18.9 Å². The maximum Gasteiger partial charge on any atom is 0.307 e. The van der Waals surface area contributed by atoms with Crippen molar-refractivity contribution in [2.75, 3.05) is 19.4 Å². The number of aromatic nitrogens is 1. The molecule has 5 nitrogen and oxygen atoms in total. The van der Waals surface area contributed by atoms with Crippen molar-refractivity contribution in [3.8, 4) is 0 Å². The number of likely N-dealkylation sites (tertiary alicyclic amines) is 1. The Morgan fingerprint density at radius 1 is 1.38 bits per heavy atom. The predicted molar refractivity (Wildman–Crippen MR) is 80.9 cm³/mol. The highest BCUT2D eigenvalue weighted by Gasteiger charge is 2.28. The molecule has 1 aromatic heterocycles. The molecule has 2 heterocycles. The highest BCUT2D eigenvalue weighted by atomic mass is 32.2. The van der Waals surface area contributed by atoms with Crippen molar-refractivity contribution in [3.05, 3.63) is 24.5 Å². The van der Waals surface area contributed by atoms with E-state index < -0.39 is 0 Å². The molecule has 1 saturated heterocycles. The first-order valence-corrected chi connectivity index (χ1v) is 8.08. The van der Waals surface area contributed by atoms with Crippen LogP contribution in [0.25, 0.3) is 0 Å². The summed E-state index contributed by atoms with van der Waals surface area (Å²) >= 11 is 1.50. The molecule has 6 heteroatoms. The SMILES string of the molecule is COC(=O)CC1CCCCN1C(=O)CSc1ccncc1. The highest BCUT2D eigenvalue weighted by Crippen LogP contribution is 2.23. The Balaban J connectivity index is 1.90. The molecular weight excluding hydrogens is 288 g/mol. The monoisotopic (exact) mass is 308 g/mol. The fourth-order valence-electron chi connectivity index (χ4n) is 2.48. The zero-order valence-corrected chi connectivity index (χ0v) is 13.0. The number of nitrogens with zero attached hydrogens (tertiary/aromatic N) is 2. The Kier molecular flexibility index (Phi) is 6.04. The van der Waals surface area contributed by atoms with E-state index in [-0.39, 0.29) is 17.9 Å². The lowest BCUT2D eigenvalue weighted by molar-refractivity contribution is -0.144. The minimum absolute atomic E-state index is 0.0169. The third kappa shape index (κ3) is 4.74. The van der Waals surface area contributed by atoms with Gasteiger partial charge in [0.15, 0.2) is 0 Å². The number of ether oxygens (including phenoxy) is 1. The molecule has 1 atom stereocenters. The largest absolute Gasteiger partial charge is 0.469 e. The Morgan fingerprint density at radius 3 is 2.86 bits per heavy atom. The first-order chi connectivity index (χ1) is 10.2. The van der Waals surface area contributed by atoms with E-state index in [9.17, 15) is 9.59 Å². The first kappa shape index (κ1) is 15.8. The van der Waals surface area contributed by atoms with Gasteiger partial charge in [0, 0.05) is 29.9 Å². The normalized spacial score (nSPS) is 18.3. The Morgan fingerprint density at radius 2 is 2.14 bits per heavy atom. The number of methoxy groups -OCH3 is 1. The average molecular weight is 308 g/mol. The molecule has 0 bridgehead atoms. The van der Waals surface area contributed by atoms with Crippen molar-refractivity contribution < 1.29 is 14.3 Å². The Bertz CT molecular complexity index is 481. The van der Waals surface area contributed by atoms with Gasteiger partial charge in [0.1, 0.15) is 0 Å². The van der Waals surface area contributed by atoms with E-state index in [0.717, 1.165) is 30.7 Å². The minimum Gasteiger partial charge on any atom is -0.469 e. The molecule has 114 valence electrons. The second kappa shape index (κ2) is 8.02. The van der Waals surface area contributed by atoms with E-state index in [0.29, 0.717) is 12.2 Å². The van der Waals surface area contributed by atoms with Crippen molar-refractivity contribution in [3.63, 3.8) is 0 Å². The van der Waals surface area contributed by atoms with Gasteiger partial charge in [-0.25, -0.2) is 0 Å². The third-order valence-electron chi connectivity index (χ3n) is 3.59. The highest BCUT2D eigenvalue weighted by molar-refractivity contribution is 8.00. The van der Waals surface area contributed by atoms with E-state index in [1.54, 1.807) is 12.4 Å². The van der Waals surface area contributed by atoms with Crippen molar-refractivity contribution in [1.29, 1.82) is 0 Å². The van der Waals surface area contributed by atoms with Gasteiger partial charge in [0.2, 0.25) is 5.91 Å². The lowest BCUT2D eigenvalue weighted by atomic mass is 9.99. The number of thioether (sulfide) groups is 1. The molecule has 0 spiro atoms. The molecule has 21 heavy (non-hydrogen) atoms. The number of carbonyl (C=O) groups excluding carboxylic acids is 2. The Hall–Kier alpha value is -1.56. The van der Waals surface area contributed by atoms with Crippen LogP contribution in [0.15, 0.2) is 29.4 Å². The zero-order chi connectivity index (χ0) is 15.1. The number of piperidine rings is 1. The molecule has 0 N–H and O–H groups in total. The van der Waals surface area contributed by atoms with Gasteiger partial charge in [-0.1, -0.05) is 0 Å². The molecule has 2 rings (SSSR count). The molecule has 0 radical (unpaired) electrons. The fraction of sp³-hybridized carbons (Fsp3) is 0.533. The van der Waals surface area contributed by atoms with Crippen molar-refractivity contribution in [1.82, 2.24) is 9.88 Å². The summed E-state index contributed by atoms with van der Waals surface area (Å²) in [5.74, 6) is 0.230. The summed E-state index contributed by atoms with van der Waals surface area (Å²) in [6, 6.07) is 3.76. The van der Waals surface area contributed by atoms with Gasteiger partial charge in [-0.3, -0.25) is 14.6 Å². The molecule has 0 aromatic carbocycles. The number of pyridine rings is 1. The van der Waals surface area contributed by atoms with Gasteiger partial charge in [0.25, 0.3) is 0 Å². The molecule has 1 fully saturated rings. The molecule has 1 amide bonds. The molecule has 1 unspecified atom stereocenters. The van der Waals surface area contributed by atoms with Crippen LogP contribution in [0, 0.1) is 0 Å². The summed E-state index contributed by atoms with van der Waals surface area (Å²) in [5.41, 5.74) is 0. The molecule has 1 aliphatic rings. The number of amides is 1. The lowest BCUT2D eigenvalue weighted by Crippen LogP contribution is -2.45. The van der Waals surface area contributed by atoms with Crippen LogP contribution in [0.5, 0.6) is 0 Å². The van der Waals surface area contributed by atoms with E-state index in [1.807, 2.05) is 17.0 Å². The van der Waals surface area contributed by atoms with Crippen LogP contribution in [0.2, 0.25) is 0 Å².